The first-order valence-corrected chi connectivity index (χ1v) is 2.95. The number of nitrogens with two attached hydrogens (primary N) is 1. The van der Waals surface area contributed by atoms with Crippen molar-refractivity contribution in [2.45, 2.75) is 13.8 Å². The standard InChI is InChI=1S/C7H10N2O/c1-5(4-8)3-6(2)7(9)10/h3,5H,1-2H3,(H2,9,10)/b6-3-. The molecule has 10 heavy (non-hydrogen) atoms. The first-order chi connectivity index (χ1) is 4.57. The van der Waals surface area contributed by atoms with Gasteiger partial charge in [0.15, 0.2) is 0 Å². The van der Waals surface area contributed by atoms with Gasteiger partial charge in [0, 0.05) is 5.57 Å². The van der Waals surface area contributed by atoms with E-state index in [0.29, 0.717) is 5.57 Å². The number of rotatable bonds is 2. The Morgan fingerprint density at radius 3 is 2.60 bits per heavy atom. The van der Waals surface area contributed by atoms with E-state index in [0.717, 1.165) is 0 Å². The molecule has 2 N–H and O–H groups in total. The Bertz CT molecular complexity index is 200. The Balaban J connectivity index is 4.20. The molecule has 0 fully saturated rings. The Morgan fingerprint density at radius 2 is 2.30 bits per heavy atom. The molecule has 0 aliphatic rings. The number of hydrogen-bond acceptors (Lipinski definition) is 2. The van der Waals surface area contributed by atoms with Gasteiger partial charge in [-0.2, -0.15) is 5.26 Å². The average molecular weight is 138 g/mol. The van der Waals surface area contributed by atoms with E-state index in [1.165, 1.54) is 0 Å². The number of nitrogens with zero attached hydrogens (tertiary/aromatic N) is 1. The molecule has 3 heteroatoms. The van der Waals surface area contributed by atoms with Crippen LogP contribution in [0.5, 0.6) is 0 Å². The summed E-state index contributed by atoms with van der Waals surface area (Å²) in [4.78, 5) is 10.4. The van der Waals surface area contributed by atoms with E-state index in [4.69, 9.17) is 11.0 Å². The van der Waals surface area contributed by atoms with Crippen molar-refractivity contribution < 1.29 is 4.79 Å². The van der Waals surface area contributed by atoms with Crippen LogP contribution in [0.2, 0.25) is 0 Å². The molecule has 0 radical (unpaired) electrons. The van der Waals surface area contributed by atoms with Gasteiger partial charge >= 0.3 is 0 Å². The summed E-state index contributed by atoms with van der Waals surface area (Å²) >= 11 is 0. The quantitative estimate of drug-likeness (QED) is 0.567. The zero-order valence-corrected chi connectivity index (χ0v) is 6.09. The van der Waals surface area contributed by atoms with Gasteiger partial charge in [0.1, 0.15) is 0 Å². The van der Waals surface area contributed by atoms with Crippen LogP contribution in [0.15, 0.2) is 11.6 Å². The second-order valence-electron chi connectivity index (χ2n) is 2.13. The van der Waals surface area contributed by atoms with Crippen LogP contribution >= 0.6 is 0 Å². The molecule has 0 saturated heterocycles. The lowest BCUT2D eigenvalue weighted by molar-refractivity contribution is -0.114. The normalized spacial score (nSPS) is 13.9. The summed E-state index contributed by atoms with van der Waals surface area (Å²) in [5, 5.41) is 8.32. The molecule has 0 aromatic rings. The van der Waals surface area contributed by atoms with Crippen molar-refractivity contribution in [2.75, 3.05) is 0 Å². The third-order valence-corrected chi connectivity index (χ3v) is 1.09. The number of carbonyl (C=O) groups excluding carboxylic acids is 1. The van der Waals surface area contributed by atoms with Gasteiger partial charge in [0.05, 0.1) is 12.0 Å². The maximum atomic E-state index is 10.4. The highest BCUT2D eigenvalue weighted by Crippen LogP contribution is 1.99. The maximum absolute atomic E-state index is 10.4. The summed E-state index contributed by atoms with van der Waals surface area (Å²) in [5.74, 6) is -0.713. The Hall–Kier alpha value is -1.30. The van der Waals surface area contributed by atoms with Gasteiger partial charge in [-0.3, -0.25) is 4.79 Å². The lowest BCUT2D eigenvalue weighted by Crippen LogP contribution is -2.12. The average Bonchev–Trinajstić information content (AvgIpc) is 1.87. The van der Waals surface area contributed by atoms with Gasteiger partial charge in [0.25, 0.3) is 0 Å². The molecule has 0 aliphatic carbocycles. The number of hydrogen-bond donors (Lipinski definition) is 1. The lowest BCUT2D eigenvalue weighted by Gasteiger charge is -1.94. The summed E-state index contributed by atoms with van der Waals surface area (Å²) in [6, 6.07) is 1.97. The fourth-order valence-corrected chi connectivity index (χ4v) is 0.494. The summed E-state index contributed by atoms with van der Waals surface area (Å²) in [5.41, 5.74) is 5.36. The van der Waals surface area contributed by atoms with Crippen molar-refractivity contribution in [2.24, 2.45) is 11.7 Å². The fourth-order valence-electron chi connectivity index (χ4n) is 0.494. The largest absolute Gasteiger partial charge is 0.366 e. The number of nitriles is 1. The van der Waals surface area contributed by atoms with Crippen molar-refractivity contribution >= 4 is 5.91 Å². The van der Waals surface area contributed by atoms with E-state index in [1.54, 1.807) is 19.9 Å². The molecule has 1 atom stereocenters. The van der Waals surface area contributed by atoms with E-state index in [9.17, 15) is 4.79 Å². The number of primary amides is 1. The molecule has 0 aromatic heterocycles. The van der Waals surface area contributed by atoms with Crippen molar-refractivity contribution in [1.29, 1.82) is 5.26 Å². The second kappa shape index (κ2) is 3.67. The fraction of sp³-hybridized carbons (Fsp3) is 0.429. The van der Waals surface area contributed by atoms with Crippen LogP contribution in [0.1, 0.15) is 13.8 Å². The van der Waals surface area contributed by atoms with Gasteiger partial charge in [-0.1, -0.05) is 6.08 Å². The second-order valence-corrected chi connectivity index (χ2v) is 2.13. The lowest BCUT2D eigenvalue weighted by atomic mass is 10.1. The van der Waals surface area contributed by atoms with Crippen molar-refractivity contribution in [3.8, 4) is 6.07 Å². The van der Waals surface area contributed by atoms with E-state index < -0.39 is 5.91 Å². The summed E-state index contributed by atoms with van der Waals surface area (Å²) in [6.45, 7) is 3.29. The molecule has 0 rings (SSSR count). The molecule has 54 valence electrons. The van der Waals surface area contributed by atoms with Crippen LogP contribution < -0.4 is 5.73 Å². The molecule has 1 unspecified atom stereocenters. The topological polar surface area (TPSA) is 66.9 Å². The molecule has 0 aliphatic heterocycles. The molecule has 0 bridgehead atoms. The van der Waals surface area contributed by atoms with Gasteiger partial charge < -0.3 is 5.73 Å². The monoisotopic (exact) mass is 138 g/mol. The first kappa shape index (κ1) is 8.70. The smallest absolute Gasteiger partial charge is 0.244 e. The van der Waals surface area contributed by atoms with E-state index >= 15 is 0 Å². The highest BCUT2D eigenvalue weighted by atomic mass is 16.1. The van der Waals surface area contributed by atoms with Gasteiger partial charge in [-0.25, -0.2) is 0 Å². The predicted molar refractivity (Wildman–Crippen MR) is 37.7 cm³/mol. The van der Waals surface area contributed by atoms with Gasteiger partial charge in [-0.05, 0) is 13.8 Å². The first-order valence-electron chi connectivity index (χ1n) is 2.95. The van der Waals surface area contributed by atoms with Gasteiger partial charge in [-0.15, -0.1) is 0 Å². The molecule has 0 saturated carbocycles. The summed E-state index contributed by atoms with van der Waals surface area (Å²) in [7, 11) is 0. The Morgan fingerprint density at radius 1 is 1.80 bits per heavy atom. The van der Waals surface area contributed by atoms with Crippen molar-refractivity contribution in [3.63, 3.8) is 0 Å². The summed E-state index contributed by atoms with van der Waals surface area (Å²) < 4.78 is 0. The zero-order valence-electron chi connectivity index (χ0n) is 6.09. The highest BCUT2D eigenvalue weighted by molar-refractivity contribution is 5.91. The van der Waals surface area contributed by atoms with Crippen LogP contribution in [-0.2, 0) is 4.79 Å². The molecule has 0 aromatic carbocycles. The SMILES string of the molecule is C/C(=C/C(C)C#N)C(N)=O. The Kier molecular flexibility index (Phi) is 3.20. The summed E-state index contributed by atoms with van der Waals surface area (Å²) in [6.07, 6.45) is 1.54. The third-order valence-electron chi connectivity index (χ3n) is 1.09. The minimum absolute atomic E-state index is 0.243. The van der Waals surface area contributed by atoms with E-state index in [1.807, 2.05) is 6.07 Å². The van der Waals surface area contributed by atoms with E-state index in [2.05, 4.69) is 0 Å². The van der Waals surface area contributed by atoms with E-state index in [-0.39, 0.29) is 5.92 Å². The van der Waals surface area contributed by atoms with Crippen LogP contribution in [-0.4, -0.2) is 5.91 Å². The number of amides is 1. The molecule has 3 nitrogen and oxygen atoms in total. The van der Waals surface area contributed by atoms with Crippen LogP contribution in [0.3, 0.4) is 0 Å². The molecular formula is C7H10N2O. The third kappa shape index (κ3) is 2.88. The minimum atomic E-state index is -0.470. The van der Waals surface area contributed by atoms with Crippen molar-refractivity contribution in [3.05, 3.63) is 11.6 Å². The predicted octanol–water partition coefficient (Wildman–Crippen LogP) is 0.578. The number of carbonyl (C=O) groups is 1. The zero-order chi connectivity index (χ0) is 8.15. The molecule has 0 heterocycles. The Labute approximate surface area is 60.1 Å². The van der Waals surface area contributed by atoms with Crippen LogP contribution in [0.4, 0.5) is 0 Å². The van der Waals surface area contributed by atoms with Crippen LogP contribution in [0, 0.1) is 17.2 Å². The maximum Gasteiger partial charge on any atom is 0.244 e. The molecule has 1 amide bonds. The van der Waals surface area contributed by atoms with Crippen LogP contribution in [0.25, 0.3) is 0 Å². The minimum Gasteiger partial charge on any atom is -0.366 e. The van der Waals surface area contributed by atoms with Gasteiger partial charge in [0.2, 0.25) is 5.91 Å². The van der Waals surface area contributed by atoms with Crippen molar-refractivity contribution in [1.82, 2.24) is 0 Å². The molecular weight excluding hydrogens is 128 g/mol. The highest BCUT2D eigenvalue weighted by Gasteiger charge is 1.99. The molecule has 0 spiro atoms. The number of allylic oxidation sites excluding steroid dienone is 1.